The Hall–Kier alpha value is -2.63. The van der Waals surface area contributed by atoms with Gasteiger partial charge in [-0.2, -0.15) is 0 Å². The maximum absolute atomic E-state index is 12.4. The number of pyridine rings is 1. The highest BCUT2D eigenvalue weighted by Gasteiger charge is 2.23. The monoisotopic (exact) mass is 394 g/mol. The maximum atomic E-state index is 12.4. The van der Waals surface area contributed by atoms with E-state index in [-0.39, 0.29) is 11.9 Å². The van der Waals surface area contributed by atoms with E-state index in [1.165, 1.54) is 24.5 Å². The normalized spacial score (nSPS) is 16.0. The minimum Gasteiger partial charge on any atom is -0.351 e. The molecule has 1 amide bonds. The molecule has 1 N–H and O–H groups in total. The summed E-state index contributed by atoms with van der Waals surface area (Å²) in [6.07, 6.45) is 7.54. The Morgan fingerprint density at radius 2 is 1.89 bits per heavy atom. The quantitative estimate of drug-likeness (QED) is 0.644. The Kier molecular flexibility index (Phi) is 5.74. The molecule has 0 radical (unpaired) electrons. The Bertz CT molecular complexity index is 977. The maximum Gasteiger partial charge on any atom is 0.244 e. The van der Waals surface area contributed by atoms with Crippen LogP contribution < -0.4 is 5.32 Å². The number of aromatic nitrogens is 2. The first-order valence-corrected chi connectivity index (χ1v) is 9.97. The molecule has 3 aromatic rings. The zero-order valence-corrected chi connectivity index (χ0v) is 16.3. The molecule has 0 saturated carbocycles. The van der Waals surface area contributed by atoms with Crippen molar-refractivity contribution in [2.75, 3.05) is 19.6 Å². The SMILES string of the molecule is O=C(/C=C/c1c(Cl)nc2ccccn12)NCC(c1ccccc1)N1CCCC1. The zero-order valence-electron chi connectivity index (χ0n) is 15.6. The second kappa shape index (κ2) is 8.59. The number of fused-ring (bicyclic) bond motifs is 1. The van der Waals surface area contributed by atoms with Gasteiger partial charge in [0.05, 0.1) is 11.7 Å². The fourth-order valence-corrected chi connectivity index (χ4v) is 3.97. The number of rotatable bonds is 6. The van der Waals surface area contributed by atoms with E-state index in [1.54, 1.807) is 6.08 Å². The van der Waals surface area contributed by atoms with E-state index in [9.17, 15) is 4.79 Å². The summed E-state index contributed by atoms with van der Waals surface area (Å²) < 4.78 is 1.86. The van der Waals surface area contributed by atoms with Gasteiger partial charge in [-0.25, -0.2) is 4.98 Å². The van der Waals surface area contributed by atoms with Gasteiger partial charge in [0.15, 0.2) is 5.15 Å². The van der Waals surface area contributed by atoms with Gasteiger partial charge < -0.3 is 5.32 Å². The van der Waals surface area contributed by atoms with Crippen molar-refractivity contribution in [1.82, 2.24) is 19.6 Å². The summed E-state index contributed by atoms with van der Waals surface area (Å²) in [5, 5.41) is 3.43. The van der Waals surface area contributed by atoms with Crippen LogP contribution in [0.4, 0.5) is 0 Å². The highest BCUT2D eigenvalue weighted by atomic mass is 35.5. The lowest BCUT2D eigenvalue weighted by atomic mass is 10.1. The third-order valence-electron chi connectivity index (χ3n) is 5.15. The van der Waals surface area contributed by atoms with E-state index < -0.39 is 0 Å². The number of halogens is 1. The van der Waals surface area contributed by atoms with Crippen LogP contribution in [0.2, 0.25) is 5.15 Å². The molecule has 1 fully saturated rings. The van der Waals surface area contributed by atoms with Gasteiger partial charge in [-0.15, -0.1) is 0 Å². The Morgan fingerprint density at radius 3 is 2.68 bits per heavy atom. The van der Waals surface area contributed by atoms with Crippen LogP contribution in [0.3, 0.4) is 0 Å². The van der Waals surface area contributed by atoms with Crippen LogP contribution in [0, 0.1) is 0 Å². The largest absolute Gasteiger partial charge is 0.351 e. The number of carbonyl (C=O) groups excluding carboxylic acids is 1. The number of nitrogens with zero attached hydrogens (tertiary/aromatic N) is 3. The number of hydrogen-bond donors (Lipinski definition) is 1. The number of carbonyl (C=O) groups is 1. The van der Waals surface area contributed by atoms with Crippen molar-refractivity contribution in [3.8, 4) is 0 Å². The molecule has 1 aromatic carbocycles. The fourth-order valence-electron chi connectivity index (χ4n) is 3.73. The molecule has 1 unspecified atom stereocenters. The third kappa shape index (κ3) is 4.11. The van der Waals surface area contributed by atoms with E-state index in [0.717, 1.165) is 18.7 Å². The molecule has 1 saturated heterocycles. The second-order valence-electron chi connectivity index (χ2n) is 6.96. The van der Waals surface area contributed by atoms with E-state index in [4.69, 9.17) is 11.6 Å². The Balaban J connectivity index is 1.45. The molecule has 5 nitrogen and oxygen atoms in total. The van der Waals surface area contributed by atoms with Gasteiger partial charge in [-0.1, -0.05) is 48.0 Å². The molecular weight excluding hydrogens is 372 g/mol. The number of amides is 1. The summed E-state index contributed by atoms with van der Waals surface area (Å²) in [7, 11) is 0. The van der Waals surface area contributed by atoms with Gasteiger partial charge in [-0.3, -0.25) is 14.1 Å². The van der Waals surface area contributed by atoms with Crippen LogP contribution in [0.15, 0.2) is 60.8 Å². The lowest BCUT2D eigenvalue weighted by Gasteiger charge is -2.28. The van der Waals surface area contributed by atoms with Crippen LogP contribution in [0.1, 0.15) is 30.1 Å². The van der Waals surface area contributed by atoms with Crippen LogP contribution >= 0.6 is 11.6 Å². The number of imidazole rings is 1. The zero-order chi connectivity index (χ0) is 19.3. The molecule has 0 bridgehead atoms. The molecule has 1 atom stereocenters. The van der Waals surface area contributed by atoms with Crippen molar-refractivity contribution in [3.63, 3.8) is 0 Å². The molecule has 144 valence electrons. The molecular formula is C22H23ClN4O. The number of nitrogens with one attached hydrogen (secondary N) is 1. The topological polar surface area (TPSA) is 49.6 Å². The van der Waals surface area contributed by atoms with Gasteiger partial charge in [-0.05, 0) is 49.7 Å². The highest BCUT2D eigenvalue weighted by Crippen LogP contribution is 2.24. The molecule has 28 heavy (non-hydrogen) atoms. The number of benzene rings is 1. The molecule has 0 aliphatic carbocycles. The molecule has 0 spiro atoms. The second-order valence-corrected chi connectivity index (χ2v) is 7.32. The van der Waals surface area contributed by atoms with Crippen molar-refractivity contribution in [2.45, 2.75) is 18.9 Å². The van der Waals surface area contributed by atoms with Gasteiger partial charge in [0, 0.05) is 18.8 Å². The standard InChI is InChI=1S/C22H23ClN4O/c23-22-18(27-15-5-4-10-20(27)25-22)11-12-21(28)24-16-19(26-13-6-7-14-26)17-8-2-1-3-9-17/h1-5,8-12,15,19H,6-7,13-14,16H2,(H,24,28)/b12-11+. The lowest BCUT2D eigenvalue weighted by molar-refractivity contribution is -0.116. The predicted octanol–water partition coefficient (Wildman–Crippen LogP) is 3.95. The van der Waals surface area contributed by atoms with E-state index in [0.29, 0.717) is 17.4 Å². The van der Waals surface area contributed by atoms with E-state index >= 15 is 0 Å². The lowest BCUT2D eigenvalue weighted by Crippen LogP contribution is -2.36. The van der Waals surface area contributed by atoms with Crippen LogP contribution in [-0.4, -0.2) is 39.8 Å². The average molecular weight is 395 g/mol. The summed E-state index contributed by atoms with van der Waals surface area (Å²) >= 11 is 6.22. The van der Waals surface area contributed by atoms with Gasteiger partial charge in [0.25, 0.3) is 0 Å². The number of hydrogen-bond acceptors (Lipinski definition) is 3. The van der Waals surface area contributed by atoms with Crippen LogP contribution in [-0.2, 0) is 4.79 Å². The first-order valence-electron chi connectivity index (χ1n) is 9.60. The summed E-state index contributed by atoms with van der Waals surface area (Å²) in [6.45, 7) is 2.72. The average Bonchev–Trinajstić information content (AvgIpc) is 3.35. The molecule has 2 aromatic heterocycles. The summed E-state index contributed by atoms with van der Waals surface area (Å²) in [5.74, 6) is -0.137. The van der Waals surface area contributed by atoms with Gasteiger partial charge in [0.1, 0.15) is 5.65 Å². The van der Waals surface area contributed by atoms with Crippen LogP contribution in [0.5, 0.6) is 0 Å². The van der Waals surface area contributed by atoms with Crippen molar-refractivity contribution in [1.29, 1.82) is 0 Å². The van der Waals surface area contributed by atoms with Gasteiger partial charge in [0.2, 0.25) is 5.91 Å². The first kappa shape index (κ1) is 18.7. The highest BCUT2D eigenvalue weighted by molar-refractivity contribution is 6.31. The summed E-state index contributed by atoms with van der Waals surface area (Å²) in [4.78, 5) is 19.2. The molecule has 4 rings (SSSR count). The van der Waals surface area contributed by atoms with Gasteiger partial charge >= 0.3 is 0 Å². The van der Waals surface area contributed by atoms with E-state index in [2.05, 4.69) is 27.3 Å². The number of likely N-dealkylation sites (tertiary alicyclic amines) is 1. The smallest absolute Gasteiger partial charge is 0.244 e. The van der Waals surface area contributed by atoms with Crippen molar-refractivity contribution >= 4 is 29.2 Å². The van der Waals surface area contributed by atoms with E-state index in [1.807, 2.05) is 47.0 Å². The van der Waals surface area contributed by atoms with Crippen LogP contribution in [0.25, 0.3) is 11.7 Å². The Labute approximate surface area is 169 Å². The molecule has 6 heteroatoms. The van der Waals surface area contributed by atoms with Crippen molar-refractivity contribution in [3.05, 3.63) is 77.2 Å². The summed E-state index contributed by atoms with van der Waals surface area (Å²) in [6, 6.07) is 16.3. The minimum atomic E-state index is -0.137. The van der Waals surface area contributed by atoms with Crippen molar-refractivity contribution in [2.24, 2.45) is 0 Å². The Morgan fingerprint density at radius 1 is 1.14 bits per heavy atom. The molecule has 1 aliphatic rings. The predicted molar refractivity (Wildman–Crippen MR) is 112 cm³/mol. The van der Waals surface area contributed by atoms with Crippen molar-refractivity contribution < 1.29 is 4.79 Å². The third-order valence-corrected chi connectivity index (χ3v) is 5.43. The first-order chi connectivity index (χ1) is 13.7. The molecule has 3 heterocycles. The minimum absolute atomic E-state index is 0.137. The fraction of sp³-hybridized carbons (Fsp3) is 0.273. The molecule has 1 aliphatic heterocycles. The summed E-state index contributed by atoms with van der Waals surface area (Å²) in [5.41, 5.74) is 2.69.